The Morgan fingerprint density at radius 2 is 1.86 bits per heavy atom. The number of likely N-dealkylation sites (tertiary alicyclic amines) is 1. The van der Waals surface area contributed by atoms with E-state index in [1.807, 2.05) is 24.3 Å². The SMILES string of the molecule is CC(C)Sc1ccccc1C(=O)N1CCC(C(=O)O)CC1. The van der Waals surface area contributed by atoms with Crippen molar-refractivity contribution in [2.45, 2.75) is 36.8 Å². The fourth-order valence-electron chi connectivity index (χ4n) is 2.50. The van der Waals surface area contributed by atoms with E-state index in [9.17, 15) is 9.59 Å². The molecule has 0 saturated carbocycles. The van der Waals surface area contributed by atoms with E-state index in [0.29, 0.717) is 31.2 Å². The summed E-state index contributed by atoms with van der Waals surface area (Å²) in [4.78, 5) is 26.4. The third kappa shape index (κ3) is 4.00. The number of benzene rings is 1. The molecule has 0 spiro atoms. The van der Waals surface area contributed by atoms with Gasteiger partial charge in [0.1, 0.15) is 0 Å². The number of amides is 1. The number of rotatable bonds is 4. The minimum absolute atomic E-state index is 0.0163. The van der Waals surface area contributed by atoms with Crippen LogP contribution in [0.1, 0.15) is 37.0 Å². The number of carbonyl (C=O) groups is 2. The van der Waals surface area contributed by atoms with Crippen molar-refractivity contribution < 1.29 is 14.7 Å². The first kappa shape index (κ1) is 15.9. The first-order chi connectivity index (χ1) is 9.99. The molecule has 21 heavy (non-hydrogen) atoms. The molecule has 1 heterocycles. The minimum Gasteiger partial charge on any atom is -0.481 e. The van der Waals surface area contributed by atoms with Crippen molar-refractivity contribution in [1.82, 2.24) is 4.90 Å². The number of carboxylic acids is 1. The van der Waals surface area contributed by atoms with Crippen LogP contribution in [0.5, 0.6) is 0 Å². The number of carboxylic acid groups (broad SMARTS) is 1. The zero-order valence-electron chi connectivity index (χ0n) is 12.4. The molecular weight excluding hydrogens is 286 g/mol. The fraction of sp³-hybridized carbons (Fsp3) is 0.500. The van der Waals surface area contributed by atoms with Crippen LogP contribution in [0.2, 0.25) is 0 Å². The molecule has 0 aliphatic carbocycles. The lowest BCUT2D eigenvalue weighted by atomic mass is 9.96. The summed E-state index contributed by atoms with van der Waals surface area (Å²) in [7, 11) is 0. The molecule has 2 rings (SSSR count). The third-order valence-corrected chi connectivity index (χ3v) is 4.69. The summed E-state index contributed by atoms with van der Waals surface area (Å²) < 4.78 is 0. The van der Waals surface area contributed by atoms with Gasteiger partial charge in [0.25, 0.3) is 5.91 Å². The summed E-state index contributed by atoms with van der Waals surface area (Å²) in [6.07, 6.45) is 1.08. The summed E-state index contributed by atoms with van der Waals surface area (Å²) in [5.74, 6) is -1.05. The van der Waals surface area contributed by atoms with Crippen molar-refractivity contribution in [1.29, 1.82) is 0 Å². The number of carbonyl (C=O) groups excluding carboxylic acids is 1. The second-order valence-corrected chi connectivity index (χ2v) is 7.19. The summed E-state index contributed by atoms with van der Waals surface area (Å²) in [5, 5.41) is 9.43. The van der Waals surface area contributed by atoms with Gasteiger partial charge >= 0.3 is 5.97 Å². The Balaban J connectivity index is 2.09. The molecule has 1 saturated heterocycles. The highest BCUT2D eigenvalue weighted by Gasteiger charge is 2.28. The molecule has 0 aromatic heterocycles. The Bertz CT molecular complexity index is 522. The standard InChI is InChI=1S/C16H21NO3S/c1-11(2)21-14-6-4-3-5-13(14)15(18)17-9-7-12(8-10-17)16(19)20/h3-6,11-12H,7-10H2,1-2H3,(H,19,20). The molecule has 114 valence electrons. The number of thioether (sulfide) groups is 1. The van der Waals surface area contributed by atoms with Gasteiger partial charge in [0.2, 0.25) is 0 Å². The molecule has 4 nitrogen and oxygen atoms in total. The highest BCUT2D eigenvalue weighted by Crippen LogP contribution is 2.28. The predicted molar refractivity (Wildman–Crippen MR) is 83.7 cm³/mol. The monoisotopic (exact) mass is 307 g/mol. The maximum atomic E-state index is 12.6. The summed E-state index contributed by atoms with van der Waals surface area (Å²) in [6.45, 7) is 5.25. The summed E-state index contributed by atoms with van der Waals surface area (Å²) in [5.41, 5.74) is 0.727. The summed E-state index contributed by atoms with van der Waals surface area (Å²) in [6, 6.07) is 7.65. The molecule has 5 heteroatoms. The van der Waals surface area contributed by atoms with Crippen LogP contribution in [-0.4, -0.2) is 40.2 Å². The van der Waals surface area contributed by atoms with Crippen molar-refractivity contribution in [3.8, 4) is 0 Å². The van der Waals surface area contributed by atoms with Crippen LogP contribution >= 0.6 is 11.8 Å². The van der Waals surface area contributed by atoms with Gasteiger partial charge in [-0.05, 0) is 25.0 Å². The van der Waals surface area contributed by atoms with Gasteiger partial charge in [-0.1, -0.05) is 26.0 Å². The maximum Gasteiger partial charge on any atom is 0.306 e. The van der Waals surface area contributed by atoms with Crippen LogP contribution in [0.4, 0.5) is 0 Å². The van der Waals surface area contributed by atoms with E-state index in [1.165, 1.54) is 0 Å². The average Bonchev–Trinajstić information content (AvgIpc) is 2.46. The normalized spacial score (nSPS) is 16.2. The van der Waals surface area contributed by atoms with E-state index in [4.69, 9.17) is 5.11 Å². The third-order valence-electron chi connectivity index (χ3n) is 3.61. The molecule has 0 radical (unpaired) electrons. The number of piperidine rings is 1. The van der Waals surface area contributed by atoms with Gasteiger partial charge < -0.3 is 10.0 Å². The number of nitrogens with zero attached hydrogens (tertiary/aromatic N) is 1. The molecule has 1 aliphatic rings. The van der Waals surface area contributed by atoms with Crippen molar-refractivity contribution in [2.75, 3.05) is 13.1 Å². The number of aliphatic carboxylic acids is 1. The lowest BCUT2D eigenvalue weighted by molar-refractivity contribution is -0.143. The van der Waals surface area contributed by atoms with Crippen LogP contribution in [0.3, 0.4) is 0 Å². The molecule has 1 aromatic carbocycles. The van der Waals surface area contributed by atoms with Gasteiger partial charge in [0.05, 0.1) is 11.5 Å². The van der Waals surface area contributed by atoms with Gasteiger partial charge in [0.15, 0.2) is 0 Å². The van der Waals surface area contributed by atoms with Crippen LogP contribution in [0.25, 0.3) is 0 Å². The van der Waals surface area contributed by atoms with Crippen molar-refractivity contribution in [3.05, 3.63) is 29.8 Å². The van der Waals surface area contributed by atoms with Crippen LogP contribution in [0.15, 0.2) is 29.2 Å². The molecule has 0 atom stereocenters. The average molecular weight is 307 g/mol. The number of hydrogen-bond donors (Lipinski definition) is 1. The second-order valence-electron chi connectivity index (χ2n) is 5.57. The van der Waals surface area contributed by atoms with E-state index >= 15 is 0 Å². The highest BCUT2D eigenvalue weighted by atomic mass is 32.2. The van der Waals surface area contributed by atoms with E-state index in [1.54, 1.807) is 16.7 Å². The van der Waals surface area contributed by atoms with Crippen LogP contribution in [0, 0.1) is 5.92 Å². The minimum atomic E-state index is -0.752. The van der Waals surface area contributed by atoms with Crippen LogP contribution in [-0.2, 0) is 4.79 Å². The Kier molecular flexibility index (Phi) is 5.28. The van der Waals surface area contributed by atoms with E-state index < -0.39 is 5.97 Å². The molecule has 1 fully saturated rings. The smallest absolute Gasteiger partial charge is 0.306 e. The lowest BCUT2D eigenvalue weighted by Gasteiger charge is -2.30. The largest absolute Gasteiger partial charge is 0.481 e. The van der Waals surface area contributed by atoms with Crippen molar-refractivity contribution in [2.24, 2.45) is 5.92 Å². The Labute approximate surface area is 129 Å². The van der Waals surface area contributed by atoms with E-state index in [0.717, 1.165) is 10.5 Å². The Hall–Kier alpha value is -1.49. The van der Waals surface area contributed by atoms with Gasteiger partial charge in [-0.15, -0.1) is 11.8 Å². The van der Waals surface area contributed by atoms with Gasteiger partial charge in [-0.3, -0.25) is 9.59 Å². The lowest BCUT2D eigenvalue weighted by Crippen LogP contribution is -2.40. The summed E-state index contributed by atoms with van der Waals surface area (Å²) >= 11 is 1.68. The molecular formula is C16H21NO3S. The van der Waals surface area contributed by atoms with Crippen molar-refractivity contribution in [3.63, 3.8) is 0 Å². The van der Waals surface area contributed by atoms with Gasteiger partial charge in [0, 0.05) is 23.2 Å². The quantitative estimate of drug-likeness (QED) is 0.868. The molecule has 0 bridgehead atoms. The Morgan fingerprint density at radius 3 is 2.43 bits per heavy atom. The highest BCUT2D eigenvalue weighted by molar-refractivity contribution is 8.00. The molecule has 0 unspecified atom stereocenters. The Morgan fingerprint density at radius 1 is 1.24 bits per heavy atom. The topological polar surface area (TPSA) is 57.6 Å². The van der Waals surface area contributed by atoms with E-state index in [2.05, 4.69) is 13.8 Å². The molecule has 1 aliphatic heterocycles. The van der Waals surface area contributed by atoms with E-state index in [-0.39, 0.29) is 11.8 Å². The zero-order chi connectivity index (χ0) is 15.4. The van der Waals surface area contributed by atoms with Gasteiger partial charge in [-0.25, -0.2) is 0 Å². The van der Waals surface area contributed by atoms with Gasteiger partial charge in [-0.2, -0.15) is 0 Å². The zero-order valence-corrected chi connectivity index (χ0v) is 13.2. The predicted octanol–water partition coefficient (Wildman–Crippen LogP) is 3.12. The fourth-order valence-corrected chi connectivity index (χ4v) is 3.45. The first-order valence-electron chi connectivity index (χ1n) is 7.26. The molecule has 1 amide bonds. The number of hydrogen-bond acceptors (Lipinski definition) is 3. The van der Waals surface area contributed by atoms with Crippen LogP contribution < -0.4 is 0 Å². The van der Waals surface area contributed by atoms with Crippen molar-refractivity contribution >= 4 is 23.6 Å². The maximum absolute atomic E-state index is 12.6. The second kappa shape index (κ2) is 6.98. The molecule has 1 N–H and O–H groups in total. The first-order valence-corrected chi connectivity index (χ1v) is 8.14. The molecule has 1 aromatic rings.